The Morgan fingerprint density at radius 3 is 2.80 bits per heavy atom. The van der Waals surface area contributed by atoms with E-state index in [0.717, 1.165) is 6.42 Å². The molecule has 0 heterocycles. The standard InChI is InChI=1S/C7H14O3/c1-2-6-10-7(9)4-3-5-8/h8H,2-6H2,1H3. The first-order valence-electron chi connectivity index (χ1n) is 3.57. The normalized spacial score (nSPS) is 9.40. The van der Waals surface area contributed by atoms with Crippen molar-refractivity contribution in [2.75, 3.05) is 13.2 Å². The number of rotatable bonds is 5. The van der Waals surface area contributed by atoms with Crippen LogP contribution in [0.2, 0.25) is 0 Å². The van der Waals surface area contributed by atoms with E-state index in [2.05, 4.69) is 0 Å². The van der Waals surface area contributed by atoms with Gasteiger partial charge in [-0.1, -0.05) is 6.92 Å². The topological polar surface area (TPSA) is 46.5 Å². The number of hydrogen-bond acceptors (Lipinski definition) is 3. The molecule has 0 radical (unpaired) electrons. The van der Waals surface area contributed by atoms with Crippen molar-refractivity contribution >= 4 is 5.97 Å². The van der Waals surface area contributed by atoms with Gasteiger partial charge in [-0.25, -0.2) is 0 Å². The predicted octanol–water partition coefficient (Wildman–Crippen LogP) is 0.712. The molecule has 0 aliphatic heterocycles. The summed E-state index contributed by atoms with van der Waals surface area (Å²) in [5.74, 6) is -0.212. The van der Waals surface area contributed by atoms with Gasteiger partial charge in [0.1, 0.15) is 0 Å². The molecule has 0 aliphatic carbocycles. The highest BCUT2D eigenvalue weighted by Gasteiger charge is 1.99. The Bertz CT molecular complexity index is 80.9. The van der Waals surface area contributed by atoms with Crippen LogP contribution < -0.4 is 0 Å². The van der Waals surface area contributed by atoms with Crippen molar-refractivity contribution < 1.29 is 14.6 Å². The highest BCUT2D eigenvalue weighted by atomic mass is 16.5. The maximum atomic E-state index is 10.6. The second-order valence-corrected chi connectivity index (χ2v) is 2.05. The number of esters is 1. The van der Waals surface area contributed by atoms with Gasteiger partial charge in [0.05, 0.1) is 6.61 Å². The monoisotopic (exact) mass is 146 g/mol. The van der Waals surface area contributed by atoms with E-state index < -0.39 is 0 Å². The van der Waals surface area contributed by atoms with Crippen molar-refractivity contribution in [1.82, 2.24) is 0 Å². The van der Waals surface area contributed by atoms with Gasteiger partial charge in [-0.2, -0.15) is 0 Å². The van der Waals surface area contributed by atoms with Crippen molar-refractivity contribution in [2.24, 2.45) is 0 Å². The van der Waals surface area contributed by atoms with Crippen molar-refractivity contribution in [2.45, 2.75) is 26.2 Å². The van der Waals surface area contributed by atoms with Crippen molar-refractivity contribution in [3.8, 4) is 0 Å². The first-order valence-corrected chi connectivity index (χ1v) is 3.57. The van der Waals surface area contributed by atoms with E-state index in [-0.39, 0.29) is 12.6 Å². The number of carbonyl (C=O) groups excluding carboxylic acids is 1. The summed E-state index contributed by atoms with van der Waals surface area (Å²) < 4.78 is 4.74. The summed E-state index contributed by atoms with van der Waals surface area (Å²) in [5, 5.41) is 8.33. The SMILES string of the molecule is CCCOC(=O)CCCO. The van der Waals surface area contributed by atoms with Gasteiger partial charge in [-0.15, -0.1) is 0 Å². The van der Waals surface area contributed by atoms with Gasteiger partial charge >= 0.3 is 5.97 Å². The quantitative estimate of drug-likeness (QED) is 0.581. The minimum absolute atomic E-state index is 0.0568. The fraction of sp³-hybridized carbons (Fsp3) is 0.857. The maximum Gasteiger partial charge on any atom is 0.305 e. The molecule has 0 aliphatic rings. The van der Waals surface area contributed by atoms with E-state index in [1.807, 2.05) is 6.92 Å². The zero-order valence-electron chi connectivity index (χ0n) is 6.30. The molecule has 0 aromatic heterocycles. The molecule has 0 saturated carbocycles. The summed E-state index contributed by atoms with van der Waals surface area (Å²) in [5.41, 5.74) is 0. The zero-order valence-corrected chi connectivity index (χ0v) is 6.30. The lowest BCUT2D eigenvalue weighted by atomic mass is 10.3. The average Bonchev–Trinajstić information content (AvgIpc) is 1.97. The van der Waals surface area contributed by atoms with Gasteiger partial charge in [-0.3, -0.25) is 4.79 Å². The molecule has 0 bridgehead atoms. The van der Waals surface area contributed by atoms with Gasteiger partial charge in [0.25, 0.3) is 0 Å². The molecule has 0 unspecified atom stereocenters. The third-order valence-corrected chi connectivity index (χ3v) is 1.01. The minimum Gasteiger partial charge on any atom is -0.466 e. The predicted molar refractivity (Wildman–Crippen MR) is 37.6 cm³/mol. The van der Waals surface area contributed by atoms with E-state index in [0.29, 0.717) is 19.4 Å². The smallest absolute Gasteiger partial charge is 0.305 e. The number of aliphatic hydroxyl groups excluding tert-OH is 1. The number of carbonyl (C=O) groups is 1. The molecule has 0 fully saturated rings. The molecule has 1 N–H and O–H groups in total. The van der Waals surface area contributed by atoms with Crippen molar-refractivity contribution in [1.29, 1.82) is 0 Å². The second-order valence-electron chi connectivity index (χ2n) is 2.05. The third kappa shape index (κ3) is 5.56. The summed E-state index contributed by atoms with van der Waals surface area (Å²) >= 11 is 0. The number of aliphatic hydroxyl groups is 1. The second kappa shape index (κ2) is 6.55. The number of hydrogen-bond donors (Lipinski definition) is 1. The van der Waals surface area contributed by atoms with E-state index in [4.69, 9.17) is 9.84 Å². The highest BCUT2D eigenvalue weighted by molar-refractivity contribution is 5.69. The van der Waals surface area contributed by atoms with Crippen LogP contribution in [0.1, 0.15) is 26.2 Å². The fourth-order valence-electron chi connectivity index (χ4n) is 0.511. The molecule has 0 rings (SSSR count). The zero-order chi connectivity index (χ0) is 7.82. The average molecular weight is 146 g/mol. The lowest BCUT2D eigenvalue weighted by Gasteiger charge is -2.00. The van der Waals surface area contributed by atoms with Crippen molar-refractivity contribution in [3.63, 3.8) is 0 Å². The first kappa shape index (κ1) is 9.43. The molecule has 60 valence electrons. The van der Waals surface area contributed by atoms with E-state index >= 15 is 0 Å². The lowest BCUT2D eigenvalue weighted by molar-refractivity contribution is -0.143. The van der Waals surface area contributed by atoms with Crippen LogP contribution in [-0.2, 0) is 9.53 Å². The van der Waals surface area contributed by atoms with Gasteiger partial charge in [0, 0.05) is 13.0 Å². The van der Waals surface area contributed by atoms with Crippen LogP contribution in [-0.4, -0.2) is 24.3 Å². The third-order valence-electron chi connectivity index (χ3n) is 1.01. The fourth-order valence-corrected chi connectivity index (χ4v) is 0.511. The van der Waals surface area contributed by atoms with Gasteiger partial charge in [0.2, 0.25) is 0 Å². The Morgan fingerprint density at radius 2 is 2.30 bits per heavy atom. The van der Waals surface area contributed by atoms with Crippen LogP contribution in [0.25, 0.3) is 0 Å². The Labute approximate surface area is 61.0 Å². The summed E-state index contributed by atoms with van der Waals surface area (Å²) in [6.45, 7) is 2.49. The molecule has 0 amide bonds. The van der Waals surface area contributed by atoms with Gasteiger partial charge < -0.3 is 9.84 Å². The molecule has 3 nitrogen and oxygen atoms in total. The van der Waals surface area contributed by atoms with Crippen LogP contribution in [0.3, 0.4) is 0 Å². The number of ether oxygens (including phenoxy) is 1. The van der Waals surface area contributed by atoms with E-state index in [1.54, 1.807) is 0 Å². The molecule has 0 spiro atoms. The molecule has 0 aromatic rings. The van der Waals surface area contributed by atoms with Crippen molar-refractivity contribution in [3.05, 3.63) is 0 Å². The lowest BCUT2D eigenvalue weighted by Crippen LogP contribution is -2.05. The van der Waals surface area contributed by atoms with Crippen LogP contribution >= 0.6 is 0 Å². The molecule has 10 heavy (non-hydrogen) atoms. The Kier molecular flexibility index (Phi) is 6.18. The first-order chi connectivity index (χ1) is 4.81. The van der Waals surface area contributed by atoms with Crippen LogP contribution in [0, 0.1) is 0 Å². The summed E-state index contributed by atoms with van der Waals surface area (Å²) in [6.07, 6.45) is 1.68. The summed E-state index contributed by atoms with van der Waals surface area (Å²) in [7, 11) is 0. The van der Waals surface area contributed by atoms with Crippen LogP contribution in [0.15, 0.2) is 0 Å². The minimum atomic E-state index is -0.212. The molecule has 0 aromatic carbocycles. The molecule has 0 saturated heterocycles. The molecular formula is C7H14O3. The van der Waals surface area contributed by atoms with Gasteiger partial charge in [-0.05, 0) is 12.8 Å². The Balaban J connectivity index is 3.09. The largest absolute Gasteiger partial charge is 0.466 e. The van der Waals surface area contributed by atoms with Gasteiger partial charge in [0.15, 0.2) is 0 Å². The van der Waals surface area contributed by atoms with Crippen LogP contribution in [0.4, 0.5) is 0 Å². The van der Waals surface area contributed by atoms with Crippen LogP contribution in [0.5, 0.6) is 0 Å². The maximum absolute atomic E-state index is 10.6. The highest BCUT2D eigenvalue weighted by Crippen LogP contribution is 1.91. The Morgan fingerprint density at radius 1 is 1.60 bits per heavy atom. The Hall–Kier alpha value is -0.570. The summed E-state index contributed by atoms with van der Waals surface area (Å²) in [4.78, 5) is 10.6. The summed E-state index contributed by atoms with van der Waals surface area (Å²) in [6, 6.07) is 0. The molecular weight excluding hydrogens is 132 g/mol. The molecule has 3 heteroatoms. The van der Waals surface area contributed by atoms with E-state index in [1.165, 1.54) is 0 Å². The van der Waals surface area contributed by atoms with E-state index in [9.17, 15) is 4.79 Å². The molecule has 0 atom stereocenters.